The van der Waals surface area contributed by atoms with Crippen LogP contribution in [-0.4, -0.2) is 41.4 Å². The lowest BCUT2D eigenvalue weighted by Gasteiger charge is -2.44. The summed E-state index contributed by atoms with van der Waals surface area (Å²) in [7, 11) is -0.219. The van der Waals surface area contributed by atoms with Crippen molar-refractivity contribution in [2.24, 2.45) is 0 Å². The van der Waals surface area contributed by atoms with E-state index >= 15 is 0 Å². The van der Waals surface area contributed by atoms with Gasteiger partial charge in [-0.1, -0.05) is 42.0 Å². The fraction of sp³-hybridized carbons (Fsp3) is 0.609. The first-order valence-corrected chi connectivity index (χ1v) is 10.8. The monoisotopic (exact) mass is 397 g/mol. The molecule has 0 spiro atoms. The van der Waals surface area contributed by atoms with Crippen LogP contribution in [0.1, 0.15) is 58.9 Å². The molecule has 0 aliphatic carbocycles. The van der Waals surface area contributed by atoms with Gasteiger partial charge in [-0.3, -0.25) is 4.90 Å². The van der Waals surface area contributed by atoms with E-state index < -0.39 is 0 Å². The molecule has 2 bridgehead atoms. The maximum Gasteiger partial charge on any atom is 0.462 e. The zero-order valence-corrected chi connectivity index (χ0v) is 18.0. The number of ether oxygens (including phenoxy) is 1. The number of carbonyl (C=O) groups excluding carboxylic acids is 1. The molecule has 5 nitrogen and oxygen atoms in total. The number of rotatable bonds is 4. The van der Waals surface area contributed by atoms with Gasteiger partial charge < -0.3 is 14.0 Å². The molecule has 2 saturated heterocycles. The standard InChI is InChI=1S/C23H32BNO4/c1-22(2)23(3,4)29-24(28-22)15-18-13-19-11-8-12-20(14-18)25(19)21(26)27-16-17-9-6-5-7-10-17/h5-7,9-10,13,19-20H,8,11-12,14-16H2,1-4H3. The van der Waals surface area contributed by atoms with E-state index in [1.807, 2.05) is 35.2 Å². The first-order chi connectivity index (χ1) is 13.7. The van der Waals surface area contributed by atoms with Gasteiger partial charge in [0.25, 0.3) is 0 Å². The molecule has 1 amide bonds. The van der Waals surface area contributed by atoms with Crippen molar-refractivity contribution in [3.8, 4) is 0 Å². The predicted molar refractivity (Wildman–Crippen MR) is 113 cm³/mol. The van der Waals surface area contributed by atoms with Crippen LogP contribution in [0.25, 0.3) is 0 Å². The molecule has 3 aliphatic rings. The zero-order chi connectivity index (χ0) is 20.6. The largest absolute Gasteiger partial charge is 0.462 e. The van der Waals surface area contributed by atoms with Crippen LogP contribution in [0.3, 0.4) is 0 Å². The third kappa shape index (κ3) is 4.24. The highest BCUT2D eigenvalue weighted by Crippen LogP contribution is 2.41. The number of amides is 1. The summed E-state index contributed by atoms with van der Waals surface area (Å²) in [6.45, 7) is 8.66. The fourth-order valence-electron chi connectivity index (χ4n) is 4.61. The molecule has 0 aromatic heterocycles. The Morgan fingerprint density at radius 3 is 2.48 bits per heavy atom. The second-order valence-electron chi connectivity index (χ2n) is 9.52. The van der Waals surface area contributed by atoms with Crippen LogP contribution < -0.4 is 0 Å². The Morgan fingerprint density at radius 1 is 1.14 bits per heavy atom. The maximum absolute atomic E-state index is 12.8. The predicted octanol–water partition coefficient (Wildman–Crippen LogP) is 4.97. The highest BCUT2D eigenvalue weighted by molar-refractivity contribution is 6.46. The van der Waals surface area contributed by atoms with E-state index in [-0.39, 0.29) is 36.5 Å². The molecule has 1 aromatic carbocycles. The normalized spacial score (nSPS) is 27.5. The van der Waals surface area contributed by atoms with Crippen molar-refractivity contribution in [1.29, 1.82) is 0 Å². The molecule has 2 fully saturated rings. The molecular formula is C23H32BNO4. The van der Waals surface area contributed by atoms with E-state index in [4.69, 9.17) is 14.0 Å². The van der Waals surface area contributed by atoms with Gasteiger partial charge in [-0.15, -0.1) is 0 Å². The summed E-state index contributed by atoms with van der Waals surface area (Å²) >= 11 is 0. The fourth-order valence-corrected chi connectivity index (χ4v) is 4.61. The van der Waals surface area contributed by atoms with Crippen molar-refractivity contribution < 1.29 is 18.8 Å². The maximum atomic E-state index is 12.8. The zero-order valence-electron chi connectivity index (χ0n) is 18.0. The quantitative estimate of drug-likeness (QED) is 0.532. The van der Waals surface area contributed by atoms with Gasteiger partial charge in [0.15, 0.2) is 0 Å². The van der Waals surface area contributed by atoms with Crippen LogP contribution in [-0.2, 0) is 20.7 Å². The second kappa shape index (κ2) is 7.80. The van der Waals surface area contributed by atoms with Gasteiger partial charge in [-0.25, -0.2) is 4.79 Å². The molecule has 6 heteroatoms. The number of hydrogen-bond donors (Lipinski definition) is 0. The third-order valence-electron chi connectivity index (χ3n) is 6.86. The number of nitrogens with zero attached hydrogens (tertiary/aromatic N) is 1. The molecular weight excluding hydrogens is 365 g/mol. The Morgan fingerprint density at radius 2 is 1.83 bits per heavy atom. The summed E-state index contributed by atoms with van der Waals surface area (Å²) in [5, 5.41) is 0. The van der Waals surface area contributed by atoms with E-state index in [0.29, 0.717) is 6.61 Å². The van der Waals surface area contributed by atoms with Crippen molar-refractivity contribution in [3.05, 3.63) is 47.5 Å². The van der Waals surface area contributed by atoms with Gasteiger partial charge in [0.1, 0.15) is 6.61 Å². The van der Waals surface area contributed by atoms with Crippen molar-refractivity contribution in [2.45, 2.75) is 89.6 Å². The van der Waals surface area contributed by atoms with Crippen molar-refractivity contribution in [3.63, 3.8) is 0 Å². The van der Waals surface area contributed by atoms with Crippen LogP contribution in [0.2, 0.25) is 6.32 Å². The molecule has 3 heterocycles. The summed E-state index contributed by atoms with van der Waals surface area (Å²) in [5.41, 5.74) is 1.73. The molecule has 2 atom stereocenters. The SMILES string of the molecule is CC1(C)OB(CC2=CC3CCCC(C2)N3C(=O)OCc2ccccc2)OC1(C)C. The first-order valence-electron chi connectivity index (χ1n) is 10.8. The first kappa shape index (κ1) is 20.5. The van der Waals surface area contributed by atoms with Crippen LogP contribution in [0.5, 0.6) is 0 Å². The summed E-state index contributed by atoms with van der Waals surface area (Å²) < 4.78 is 18.0. The Labute approximate surface area is 174 Å². The lowest BCUT2D eigenvalue weighted by Crippen LogP contribution is -2.52. The molecule has 29 heavy (non-hydrogen) atoms. The van der Waals surface area contributed by atoms with Gasteiger partial charge >= 0.3 is 13.2 Å². The Kier molecular flexibility index (Phi) is 5.51. The average molecular weight is 397 g/mol. The van der Waals surface area contributed by atoms with Crippen LogP contribution in [0.15, 0.2) is 42.0 Å². The van der Waals surface area contributed by atoms with Gasteiger partial charge in [0.05, 0.1) is 17.2 Å². The molecule has 3 aliphatic heterocycles. The molecule has 0 N–H and O–H groups in total. The molecule has 4 rings (SSSR count). The summed E-state index contributed by atoms with van der Waals surface area (Å²) in [4.78, 5) is 14.8. The van der Waals surface area contributed by atoms with Crippen LogP contribution in [0.4, 0.5) is 4.79 Å². The molecule has 156 valence electrons. The summed E-state index contributed by atoms with van der Waals surface area (Å²) in [6.07, 6.45) is 6.87. The number of benzene rings is 1. The Hall–Kier alpha value is -1.79. The minimum atomic E-state index is -0.309. The van der Waals surface area contributed by atoms with Crippen molar-refractivity contribution >= 4 is 13.2 Å². The third-order valence-corrected chi connectivity index (χ3v) is 6.86. The van der Waals surface area contributed by atoms with Crippen LogP contribution in [0, 0.1) is 0 Å². The molecule has 0 radical (unpaired) electrons. The van der Waals surface area contributed by atoms with E-state index in [1.54, 1.807) is 0 Å². The van der Waals surface area contributed by atoms with E-state index in [0.717, 1.165) is 37.6 Å². The highest BCUT2D eigenvalue weighted by atomic mass is 16.7. The van der Waals surface area contributed by atoms with E-state index in [1.165, 1.54) is 5.57 Å². The van der Waals surface area contributed by atoms with Gasteiger partial charge in [-0.2, -0.15) is 0 Å². The number of fused-ring (bicyclic) bond motifs is 2. The number of piperidine rings is 1. The number of hydrogen-bond acceptors (Lipinski definition) is 4. The lowest BCUT2D eigenvalue weighted by molar-refractivity contribution is 0.00578. The molecule has 1 aromatic rings. The van der Waals surface area contributed by atoms with Gasteiger partial charge in [-0.05, 0) is 58.9 Å². The Balaban J connectivity index is 1.40. The van der Waals surface area contributed by atoms with Crippen molar-refractivity contribution in [1.82, 2.24) is 4.90 Å². The summed E-state index contributed by atoms with van der Waals surface area (Å²) in [6, 6.07) is 10.2. The second-order valence-corrected chi connectivity index (χ2v) is 9.52. The summed E-state index contributed by atoms with van der Waals surface area (Å²) in [5.74, 6) is 0. The molecule has 2 unspecified atom stereocenters. The Bertz CT molecular complexity index is 760. The van der Waals surface area contributed by atoms with Gasteiger partial charge in [0.2, 0.25) is 0 Å². The smallest absolute Gasteiger partial charge is 0.445 e. The van der Waals surface area contributed by atoms with E-state index in [9.17, 15) is 4.79 Å². The molecule has 0 saturated carbocycles. The minimum Gasteiger partial charge on any atom is -0.445 e. The van der Waals surface area contributed by atoms with E-state index in [2.05, 4.69) is 33.8 Å². The average Bonchev–Trinajstić information content (AvgIpc) is 2.86. The number of carbonyl (C=O) groups is 1. The van der Waals surface area contributed by atoms with Crippen LogP contribution >= 0.6 is 0 Å². The topological polar surface area (TPSA) is 48.0 Å². The highest BCUT2D eigenvalue weighted by Gasteiger charge is 2.51. The minimum absolute atomic E-state index is 0.114. The van der Waals surface area contributed by atoms with Crippen molar-refractivity contribution in [2.75, 3.05) is 0 Å². The van der Waals surface area contributed by atoms with Gasteiger partial charge in [0, 0.05) is 12.4 Å². The lowest BCUT2D eigenvalue weighted by atomic mass is 9.74.